The average molecular weight is 390 g/mol. The fraction of sp³-hybridized carbons (Fsp3) is 0.714. The van der Waals surface area contributed by atoms with Gasteiger partial charge in [0.05, 0.1) is 0 Å². The minimum Gasteiger partial charge on any atom is -0.465 e. The number of hydrogen-bond donors (Lipinski definition) is 1. The van der Waals surface area contributed by atoms with Crippen LogP contribution >= 0.6 is 15.9 Å². The van der Waals surface area contributed by atoms with Crippen LogP contribution in [0.4, 0.5) is 4.79 Å². The van der Waals surface area contributed by atoms with Crippen LogP contribution in [-0.2, 0) is 15.9 Å². The summed E-state index contributed by atoms with van der Waals surface area (Å²) in [6.07, 6.45) is 4.14. The Labute approximate surface area is 140 Å². The molecule has 1 aromatic rings. The van der Waals surface area contributed by atoms with Gasteiger partial charge in [0, 0.05) is 33.6 Å². The molecule has 1 atom stereocenters. The van der Waals surface area contributed by atoms with Crippen LogP contribution in [0.1, 0.15) is 18.7 Å². The van der Waals surface area contributed by atoms with Gasteiger partial charge in [-0.05, 0) is 18.9 Å². The molecule has 0 saturated carbocycles. The van der Waals surface area contributed by atoms with E-state index in [9.17, 15) is 9.90 Å². The van der Waals surface area contributed by atoms with Crippen LogP contribution in [-0.4, -0.2) is 46.9 Å². The molecule has 0 bridgehead atoms. The third kappa shape index (κ3) is 3.91. The van der Waals surface area contributed by atoms with Gasteiger partial charge in [-0.3, -0.25) is 4.90 Å². The van der Waals surface area contributed by atoms with Crippen molar-refractivity contribution in [2.75, 3.05) is 13.2 Å². The molecule has 1 N–H and O–H groups in total. The molecule has 0 radical (unpaired) electrons. The lowest BCUT2D eigenvalue weighted by atomic mass is 10.2. The maximum atomic E-state index is 11.4. The lowest BCUT2D eigenvalue weighted by Gasteiger charge is -2.31. The first-order chi connectivity index (χ1) is 10.2. The molecular weight excluding hydrogens is 366 g/mol. The highest BCUT2D eigenvalue weighted by Crippen LogP contribution is 2.43. The fourth-order valence-electron chi connectivity index (χ4n) is 2.56. The Kier molecular flexibility index (Phi) is 5.34. The van der Waals surface area contributed by atoms with Crippen LogP contribution in [0.25, 0.3) is 0 Å². The normalized spacial score (nSPS) is 22.3. The molecular formula is C14H24BrN3O3Si. The van der Waals surface area contributed by atoms with Crippen molar-refractivity contribution in [1.29, 1.82) is 0 Å². The van der Waals surface area contributed by atoms with E-state index in [0.717, 1.165) is 19.1 Å². The standard InChI is InChI=1S/C14H24BrN3O3Si/c1-22(2,3)10-9-21-11-17-8-6-16-12(17)14(15)5-4-7-18(14)13(19)20/h6,8H,4-5,7,9-11H2,1-3H3,(H,19,20). The van der Waals surface area contributed by atoms with Gasteiger partial charge in [0.25, 0.3) is 0 Å². The molecule has 8 heteroatoms. The molecule has 1 fully saturated rings. The van der Waals surface area contributed by atoms with Crippen LogP contribution in [0.5, 0.6) is 0 Å². The summed E-state index contributed by atoms with van der Waals surface area (Å²) in [7, 11) is -1.10. The van der Waals surface area contributed by atoms with E-state index in [1.54, 1.807) is 6.20 Å². The van der Waals surface area contributed by atoms with Crippen LogP contribution in [0, 0.1) is 0 Å². The molecule has 0 aromatic carbocycles. The number of ether oxygens (including phenoxy) is 1. The van der Waals surface area contributed by atoms with Gasteiger partial charge in [0.1, 0.15) is 12.6 Å². The Morgan fingerprint density at radius 3 is 2.91 bits per heavy atom. The number of likely N-dealkylation sites (tertiary alicyclic amines) is 1. The Morgan fingerprint density at radius 1 is 1.55 bits per heavy atom. The van der Waals surface area contributed by atoms with Crippen LogP contribution < -0.4 is 0 Å². The van der Waals surface area contributed by atoms with Gasteiger partial charge in [-0.1, -0.05) is 35.6 Å². The Bertz CT molecular complexity index is 532. The minimum absolute atomic E-state index is 0.403. The molecule has 1 amide bonds. The summed E-state index contributed by atoms with van der Waals surface area (Å²) in [5, 5.41) is 9.37. The molecule has 1 aliphatic heterocycles. The van der Waals surface area contributed by atoms with Crippen molar-refractivity contribution in [1.82, 2.24) is 14.5 Å². The van der Waals surface area contributed by atoms with Gasteiger partial charge in [0.2, 0.25) is 0 Å². The monoisotopic (exact) mass is 389 g/mol. The van der Waals surface area contributed by atoms with E-state index in [4.69, 9.17) is 4.74 Å². The molecule has 2 rings (SSSR count). The third-order valence-electron chi connectivity index (χ3n) is 3.83. The van der Waals surface area contributed by atoms with Gasteiger partial charge >= 0.3 is 6.09 Å². The molecule has 1 saturated heterocycles. The van der Waals surface area contributed by atoms with E-state index in [0.29, 0.717) is 25.5 Å². The molecule has 1 unspecified atom stereocenters. The molecule has 124 valence electrons. The van der Waals surface area contributed by atoms with Crippen LogP contribution in [0.2, 0.25) is 25.7 Å². The van der Waals surface area contributed by atoms with Crippen molar-refractivity contribution in [3.63, 3.8) is 0 Å². The Balaban J connectivity index is 2.04. The second-order valence-electron chi connectivity index (χ2n) is 6.87. The molecule has 2 heterocycles. The van der Waals surface area contributed by atoms with E-state index in [1.807, 2.05) is 10.8 Å². The first-order valence-corrected chi connectivity index (χ1v) is 12.0. The Hall–Kier alpha value is -0.863. The maximum absolute atomic E-state index is 11.4. The first-order valence-electron chi connectivity index (χ1n) is 7.53. The van der Waals surface area contributed by atoms with E-state index >= 15 is 0 Å². The number of carboxylic acid groups (broad SMARTS) is 1. The topological polar surface area (TPSA) is 67.6 Å². The first kappa shape index (κ1) is 17.5. The fourth-order valence-corrected chi connectivity index (χ4v) is 4.25. The highest BCUT2D eigenvalue weighted by molar-refractivity contribution is 9.09. The van der Waals surface area contributed by atoms with Crippen molar-refractivity contribution < 1.29 is 14.6 Å². The average Bonchev–Trinajstić information content (AvgIpc) is 3.00. The quantitative estimate of drug-likeness (QED) is 0.349. The van der Waals surface area contributed by atoms with Crippen LogP contribution in [0.15, 0.2) is 12.4 Å². The van der Waals surface area contributed by atoms with Crippen molar-refractivity contribution in [3.05, 3.63) is 18.2 Å². The number of carbonyl (C=O) groups is 1. The SMILES string of the molecule is C[Si](C)(C)CCOCn1ccnc1C1(Br)CCCN1C(=O)O. The Morgan fingerprint density at radius 2 is 2.27 bits per heavy atom. The summed E-state index contributed by atoms with van der Waals surface area (Å²) in [6, 6.07) is 1.11. The second-order valence-corrected chi connectivity index (χ2v) is 13.8. The molecule has 22 heavy (non-hydrogen) atoms. The number of hydrogen-bond acceptors (Lipinski definition) is 3. The smallest absolute Gasteiger partial charge is 0.408 e. The summed E-state index contributed by atoms with van der Waals surface area (Å²) in [5.74, 6) is 0.695. The molecule has 1 aromatic heterocycles. The molecule has 6 nitrogen and oxygen atoms in total. The summed E-state index contributed by atoms with van der Waals surface area (Å²) in [4.78, 5) is 17.2. The zero-order valence-corrected chi connectivity index (χ0v) is 16.0. The lowest BCUT2D eigenvalue weighted by molar-refractivity contribution is 0.0788. The number of rotatable bonds is 6. The van der Waals surface area contributed by atoms with Crippen LogP contribution in [0.3, 0.4) is 0 Å². The number of nitrogens with zero attached hydrogens (tertiary/aromatic N) is 3. The van der Waals surface area contributed by atoms with Gasteiger partial charge in [-0.2, -0.15) is 0 Å². The highest BCUT2D eigenvalue weighted by Gasteiger charge is 2.46. The summed E-state index contributed by atoms with van der Waals surface area (Å²) >= 11 is 3.60. The lowest BCUT2D eigenvalue weighted by Crippen LogP contribution is -2.41. The largest absolute Gasteiger partial charge is 0.465 e. The van der Waals surface area contributed by atoms with Gasteiger partial charge in [-0.15, -0.1) is 0 Å². The van der Waals surface area contributed by atoms with Crippen molar-refractivity contribution >= 4 is 30.1 Å². The van der Waals surface area contributed by atoms with Gasteiger partial charge in [-0.25, -0.2) is 9.78 Å². The zero-order chi connectivity index (χ0) is 16.4. The number of alkyl halides is 1. The summed E-state index contributed by atoms with van der Waals surface area (Å²) in [6.45, 7) is 8.59. The van der Waals surface area contributed by atoms with E-state index in [-0.39, 0.29) is 0 Å². The van der Waals surface area contributed by atoms with Gasteiger partial charge < -0.3 is 14.4 Å². The van der Waals surface area contributed by atoms with Crippen molar-refractivity contribution in [3.8, 4) is 0 Å². The predicted octanol–water partition coefficient (Wildman–Crippen LogP) is 3.52. The molecule has 0 spiro atoms. The minimum atomic E-state index is -1.10. The van der Waals surface area contributed by atoms with E-state index in [2.05, 4.69) is 40.6 Å². The second kappa shape index (κ2) is 6.72. The number of halogens is 1. The number of aromatic nitrogens is 2. The van der Waals surface area contributed by atoms with Crippen molar-refractivity contribution in [2.45, 2.75) is 49.7 Å². The summed E-state index contributed by atoms with van der Waals surface area (Å²) in [5.41, 5.74) is 0. The van der Waals surface area contributed by atoms with Gasteiger partial charge in [0.15, 0.2) is 4.45 Å². The predicted molar refractivity (Wildman–Crippen MR) is 90.9 cm³/mol. The maximum Gasteiger partial charge on any atom is 0.408 e. The zero-order valence-electron chi connectivity index (χ0n) is 13.4. The van der Waals surface area contributed by atoms with E-state index < -0.39 is 18.6 Å². The van der Waals surface area contributed by atoms with Crippen molar-refractivity contribution in [2.24, 2.45) is 0 Å². The molecule has 1 aliphatic rings. The number of amides is 1. The summed E-state index contributed by atoms with van der Waals surface area (Å²) < 4.78 is 6.91. The third-order valence-corrected chi connectivity index (χ3v) is 6.72. The molecule has 0 aliphatic carbocycles. The van der Waals surface area contributed by atoms with E-state index in [1.165, 1.54) is 4.90 Å². The highest BCUT2D eigenvalue weighted by atomic mass is 79.9. The number of imidazole rings is 1.